The molecule has 1 saturated heterocycles. The highest BCUT2D eigenvalue weighted by Crippen LogP contribution is 2.25. The zero-order chi connectivity index (χ0) is 19.4. The van der Waals surface area contributed by atoms with Gasteiger partial charge in [-0.3, -0.25) is 4.98 Å². The summed E-state index contributed by atoms with van der Waals surface area (Å²) in [6.07, 6.45) is 1.81. The number of pyridine rings is 2. The first-order valence-corrected chi connectivity index (χ1v) is 9.33. The van der Waals surface area contributed by atoms with E-state index in [9.17, 15) is 4.79 Å². The number of aromatic nitrogens is 2. The first-order chi connectivity index (χ1) is 12.8. The number of nitrogens with zero attached hydrogens (tertiary/aromatic N) is 3. The summed E-state index contributed by atoms with van der Waals surface area (Å²) in [6.45, 7) is 7.34. The summed E-state index contributed by atoms with van der Waals surface area (Å²) in [5.41, 5.74) is 0.178. The first kappa shape index (κ1) is 19.6. The minimum atomic E-state index is -0.535. The van der Waals surface area contributed by atoms with Crippen molar-refractivity contribution in [1.29, 1.82) is 0 Å². The summed E-state index contributed by atoms with van der Waals surface area (Å²) in [6, 6.07) is 5.38. The SMILES string of the molecule is CC(C)(C)OC(=O)N1CCCO[C@@H](COc2nc(Cl)cc3ncccc23)C1. The zero-order valence-electron chi connectivity index (χ0n) is 15.8. The van der Waals surface area contributed by atoms with E-state index in [2.05, 4.69) is 9.97 Å². The molecular weight excluding hydrogens is 370 g/mol. The van der Waals surface area contributed by atoms with Crippen molar-refractivity contribution >= 4 is 28.6 Å². The molecule has 2 aromatic heterocycles. The third kappa shape index (κ3) is 5.43. The molecule has 0 radical (unpaired) electrons. The quantitative estimate of drug-likeness (QED) is 0.740. The first-order valence-electron chi connectivity index (χ1n) is 8.95. The Morgan fingerprint density at radius 3 is 3.04 bits per heavy atom. The topological polar surface area (TPSA) is 73.8 Å². The second-order valence-electron chi connectivity index (χ2n) is 7.40. The van der Waals surface area contributed by atoms with Gasteiger partial charge in [0.25, 0.3) is 0 Å². The van der Waals surface area contributed by atoms with Gasteiger partial charge in [0.15, 0.2) is 0 Å². The molecule has 1 aliphatic rings. The molecule has 0 spiro atoms. The number of amides is 1. The molecule has 3 heterocycles. The van der Waals surface area contributed by atoms with Crippen LogP contribution in [0.3, 0.4) is 0 Å². The average molecular weight is 394 g/mol. The van der Waals surface area contributed by atoms with Gasteiger partial charge in [-0.05, 0) is 39.3 Å². The van der Waals surface area contributed by atoms with E-state index in [0.717, 1.165) is 11.8 Å². The van der Waals surface area contributed by atoms with Crippen molar-refractivity contribution in [2.75, 3.05) is 26.3 Å². The van der Waals surface area contributed by atoms with E-state index < -0.39 is 5.60 Å². The normalized spacial score (nSPS) is 18.2. The fraction of sp³-hybridized carbons (Fsp3) is 0.526. The maximum absolute atomic E-state index is 12.4. The van der Waals surface area contributed by atoms with Crippen LogP contribution < -0.4 is 4.74 Å². The monoisotopic (exact) mass is 393 g/mol. The van der Waals surface area contributed by atoms with Crippen molar-refractivity contribution in [3.8, 4) is 5.88 Å². The molecule has 146 valence electrons. The Labute approximate surface area is 163 Å². The van der Waals surface area contributed by atoms with E-state index in [0.29, 0.717) is 36.2 Å². The van der Waals surface area contributed by atoms with Gasteiger partial charge in [-0.2, -0.15) is 0 Å². The van der Waals surface area contributed by atoms with Crippen LogP contribution in [0.4, 0.5) is 4.79 Å². The summed E-state index contributed by atoms with van der Waals surface area (Å²) in [4.78, 5) is 22.6. The third-order valence-corrected chi connectivity index (χ3v) is 4.13. The van der Waals surface area contributed by atoms with Crippen LogP contribution in [-0.4, -0.2) is 59.0 Å². The summed E-state index contributed by atoms with van der Waals surface area (Å²) in [5.74, 6) is 0.405. The van der Waals surface area contributed by atoms with Crippen LogP contribution in [0.15, 0.2) is 24.4 Å². The maximum atomic E-state index is 12.4. The molecule has 0 saturated carbocycles. The molecule has 3 rings (SSSR count). The van der Waals surface area contributed by atoms with Gasteiger partial charge in [-0.15, -0.1) is 0 Å². The Kier molecular flexibility index (Phi) is 6.01. The average Bonchev–Trinajstić information content (AvgIpc) is 2.84. The third-order valence-electron chi connectivity index (χ3n) is 3.94. The van der Waals surface area contributed by atoms with E-state index in [1.54, 1.807) is 17.2 Å². The summed E-state index contributed by atoms with van der Waals surface area (Å²) in [7, 11) is 0. The van der Waals surface area contributed by atoms with Crippen LogP contribution in [0, 0.1) is 0 Å². The fourth-order valence-corrected chi connectivity index (χ4v) is 2.97. The predicted molar refractivity (Wildman–Crippen MR) is 102 cm³/mol. The molecule has 27 heavy (non-hydrogen) atoms. The number of hydrogen-bond donors (Lipinski definition) is 0. The minimum absolute atomic E-state index is 0.247. The Morgan fingerprint density at radius 1 is 1.44 bits per heavy atom. The number of carbonyl (C=O) groups is 1. The molecule has 1 atom stereocenters. The zero-order valence-corrected chi connectivity index (χ0v) is 16.5. The number of halogens is 1. The molecule has 1 fully saturated rings. The lowest BCUT2D eigenvalue weighted by atomic mass is 10.2. The number of hydrogen-bond acceptors (Lipinski definition) is 6. The van der Waals surface area contributed by atoms with E-state index >= 15 is 0 Å². The van der Waals surface area contributed by atoms with Gasteiger partial charge in [-0.1, -0.05) is 11.6 Å². The van der Waals surface area contributed by atoms with Crippen molar-refractivity contribution in [3.05, 3.63) is 29.5 Å². The molecule has 8 heteroatoms. The predicted octanol–water partition coefficient (Wildman–Crippen LogP) is 3.69. The largest absolute Gasteiger partial charge is 0.474 e. The van der Waals surface area contributed by atoms with Crippen molar-refractivity contribution in [2.24, 2.45) is 0 Å². The second kappa shape index (κ2) is 8.27. The van der Waals surface area contributed by atoms with Crippen molar-refractivity contribution in [3.63, 3.8) is 0 Å². The highest BCUT2D eigenvalue weighted by Gasteiger charge is 2.27. The van der Waals surface area contributed by atoms with Crippen LogP contribution in [0.1, 0.15) is 27.2 Å². The lowest BCUT2D eigenvalue weighted by molar-refractivity contribution is 0.00253. The van der Waals surface area contributed by atoms with Crippen molar-refractivity contribution in [2.45, 2.75) is 38.9 Å². The number of carbonyl (C=O) groups excluding carboxylic acids is 1. The fourth-order valence-electron chi connectivity index (χ4n) is 2.79. The number of ether oxygens (including phenoxy) is 3. The van der Waals surface area contributed by atoms with Crippen LogP contribution in [-0.2, 0) is 9.47 Å². The van der Waals surface area contributed by atoms with Crippen LogP contribution in [0.5, 0.6) is 5.88 Å². The molecule has 7 nitrogen and oxygen atoms in total. The molecule has 0 bridgehead atoms. The highest BCUT2D eigenvalue weighted by atomic mass is 35.5. The number of rotatable bonds is 3. The van der Waals surface area contributed by atoms with Gasteiger partial charge in [0.1, 0.15) is 23.5 Å². The van der Waals surface area contributed by atoms with E-state index in [1.165, 1.54) is 0 Å². The van der Waals surface area contributed by atoms with Gasteiger partial charge < -0.3 is 19.1 Å². The van der Waals surface area contributed by atoms with Gasteiger partial charge in [0.2, 0.25) is 5.88 Å². The van der Waals surface area contributed by atoms with Gasteiger partial charge >= 0.3 is 6.09 Å². The Bertz CT molecular complexity index is 809. The van der Waals surface area contributed by atoms with Crippen LogP contribution in [0.2, 0.25) is 5.15 Å². The molecule has 0 aromatic carbocycles. The van der Waals surface area contributed by atoms with Gasteiger partial charge in [-0.25, -0.2) is 9.78 Å². The lowest BCUT2D eigenvalue weighted by Gasteiger charge is -2.27. The van der Waals surface area contributed by atoms with E-state index in [4.69, 9.17) is 25.8 Å². The second-order valence-corrected chi connectivity index (χ2v) is 7.79. The molecule has 0 aliphatic carbocycles. The summed E-state index contributed by atoms with van der Waals surface area (Å²) >= 11 is 6.07. The molecule has 2 aromatic rings. The molecule has 0 N–H and O–H groups in total. The highest BCUT2D eigenvalue weighted by molar-refractivity contribution is 6.30. The Hall–Kier alpha value is -2.12. The molecule has 0 unspecified atom stereocenters. The molecule has 1 aliphatic heterocycles. The van der Waals surface area contributed by atoms with Crippen molar-refractivity contribution < 1.29 is 19.0 Å². The lowest BCUT2D eigenvalue weighted by Crippen LogP contribution is -2.42. The Morgan fingerprint density at radius 2 is 2.26 bits per heavy atom. The van der Waals surface area contributed by atoms with E-state index in [-0.39, 0.29) is 18.8 Å². The smallest absolute Gasteiger partial charge is 0.410 e. The Balaban J connectivity index is 1.67. The van der Waals surface area contributed by atoms with E-state index in [1.807, 2.05) is 32.9 Å². The summed E-state index contributed by atoms with van der Waals surface area (Å²) < 4.78 is 17.2. The summed E-state index contributed by atoms with van der Waals surface area (Å²) in [5, 5.41) is 1.09. The van der Waals surface area contributed by atoms with Gasteiger partial charge in [0, 0.05) is 25.4 Å². The standard InChI is InChI=1S/C19H24ClN3O4/c1-19(2,3)27-18(24)23-8-5-9-25-13(11-23)12-26-17-14-6-4-7-21-15(14)10-16(20)22-17/h4,6-7,10,13H,5,8-9,11-12H2,1-3H3/t13-/m1/s1. The van der Waals surface area contributed by atoms with Gasteiger partial charge in [0.05, 0.1) is 17.4 Å². The number of fused-ring (bicyclic) bond motifs is 1. The molecule has 1 amide bonds. The molecular formula is C19H24ClN3O4. The van der Waals surface area contributed by atoms with Crippen LogP contribution in [0.25, 0.3) is 10.9 Å². The minimum Gasteiger partial charge on any atom is -0.474 e. The van der Waals surface area contributed by atoms with Crippen molar-refractivity contribution in [1.82, 2.24) is 14.9 Å². The van der Waals surface area contributed by atoms with Crippen LogP contribution >= 0.6 is 11.6 Å². The maximum Gasteiger partial charge on any atom is 0.410 e.